The molecule has 8 nitrogen and oxygen atoms in total. The zero-order valence-corrected chi connectivity index (χ0v) is 19.8. The molecule has 180 valence electrons. The SMILES string of the molecule is CC(C(=O)NCCF)c1ccc(OC2CCN(c3ncnc(OCC(C)(C)O)c3Cl)C2)cc1. The van der Waals surface area contributed by atoms with E-state index in [2.05, 4.69) is 15.3 Å². The highest BCUT2D eigenvalue weighted by Crippen LogP contribution is 2.33. The zero-order chi connectivity index (χ0) is 24.0. The van der Waals surface area contributed by atoms with Crippen molar-refractivity contribution in [2.45, 2.75) is 44.8 Å². The van der Waals surface area contributed by atoms with Crippen LogP contribution < -0.4 is 19.7 Å². The van der Waals surface area contributed by atoms with Gasteiger partial charge in [-0.25, -0.2) is 14.4 Å². The van der Waals surface area contributed by atoms with Crippen LogP contribution in [0, 0.1) is 0 Å². The van der Waals surface area contributed by atoms with E-state index in [-0.39, 0.29) is 37.0 Å². The predicted octanol–water partition coefficient (Wildman–Crippen LogP) is 3.13. The van der Waals surface area contributed by atoms with Crippen LogP contribution in [0.2, 0.25) is 5.02 Å². The average Bonchev–Trinajstić information content (AvgIpc) is 3.24. The number of hydrogen-bond acceptors (Lipinski definition) is 7. The van der Waals surface area contributed by atoms with E-state index in [0.29, 0.717) is 29.7 Å². The molecule has 1 fully saturated rings. The van der Waals surface area contributed by atoms with E-state index in [0.717, 1.165) is 12.0 Å². The van der Waals surface area contributed by atoms with Crippen molar-refractivity contribution in [3.63, 3.8) is 0 Å². The molecule has 2 N–H and O–H groups in total. The van der Waals surface area contributed by atoms with Gasteiger partial charge in [0.25, 0.3) is 0 Å². The van der Waals surface area contributed by atoms with Crippen molar-refractivity contribution in [2.75, 3.05) is 37.8 Å². The molecule has 2 heterocycles. The van der Waals surface area contributed by atoms with Gasteiger partial charge in [0.1, 0.15) is 36.5 Å². The quantitative estimate of drug-likeness (QED) is 0.539. The molecule has 1 saturated heterocycles. The Kier molecular flexibility index (Phi) is 8.31. The van der Waals surface area contributed by atoms with Gasteiger partial charge in [-0.1, -0.05) is 23.7 Å². The molecule has 10 heteroatoms. The first-order valence-electron chi connectivity index (χ1n) is 10.9. The number of halogens is 2. The summed E-state index contributed by atoms with van der Waals surface area (Å²) in [6, 6.07) is 7.35. The molecule has 1 aromatic carbocycles. The summed E-state index contributed by atoms with van der Waals surface area (Å²) >= 11 is 6.46. The van der Waals surface area contributed by atoms with Crippen LogP contribution in [0.3, 0.4) is 0 Å². The van der Waals surface area contributed by atoms with Gasteiger partial charge in [0.2, 0.25) is 11.8 Å². The Labute approximate surface area is 198 Å². The maximum Gasteiger partial charge on any atom is 0.238 e. The number of ether oxygens (including phenoxy) is 2. The minimum atomic E-state index is -1.01. The number of carbonyl (C=O) groups excluding carboxylic acids is 1. The Morgan fingerprint density at radius 2 is 2.09 bits per heavy atom. The number of rotatable bonds is 10. The second-order valence-corrected chi connectivity index (χ2v) is 9.04. The molecular weight excluding hydrogens is 451 g/mol. The van der Waals surface area contributed by atoms with Gasteiger partial charge in [0.05, 0.1) is 18.1 Å². The molecule has 0 aliphatic carbocycles. The highest BCUT2D eigenvalue weighted by atomic mass is 35.5. The van der Waals surface area contributed by atoms with E-state index < -0.39 is 12.3 Å². The summed E-state index contributed by atoms with van der Waals surface area (Å²) in [5.41, 5.74) is -0.176. The van der Waals surface area contributed by atoms with Gasteiger partial charge in [-0.15, -0.1) is 0 Å². The lowest BCUT2D eigenvalue weighted by Gasteiger charge is -2.21. The molecule has 1 aliphatic rings. The Morgan fingerprint density at radius 3 is 2.76 bits per heavy atom. The molecule has 33 heavy (non-hydrogen) atoms. The lowest BCUT2D eigenvalue weighted by atomic mass is 10.0. The van der Waals surface area contributed by atoms with E-state index in [1.54, 1.807) is 20.8 Å². The summed E-state index contributed by atoms with van der Waals surface area (Å²) in [4.78, 5) is 22.4. The topological polar surface area (TPSA) is 96.8 Å². The Hall–Kier alpha value is -2.65. The minimum Gasteiger partial charge on any atom is -0.489 e. The van der Waals surface area contributed by atoms with Crippen LogP contribution >= 0.6 is 11.6 Å². The Balaban J connectivity index is 1.58. The third-order valence-electron chi connectivity index (χ3n) is 5.22. The molecule has 1 aromatic heterocycles. The van der Waals surface area contributed by atoms with E-state index in [9.17, 15) is 14.3 Å². The number of alkyl halides is 1. The van der Waals surface area contributed by atoms with E-state index in [1.807, 2.05) is 29.2 Å². The van der Waals surface area contributed by atoms with Crippen molar-refractivity contribution < 1.29 is 23.8 Å². The smallest absolute Gasteiger partial charge is 0.238 e. The fourth-order valence-electron chi connectivity index (χ4n) is 3.43. The molecule has 0 radical (unpaired) electrons. The van der Waals surface area contributed by atoms with Crippen LogP contribution in [0.4, 0.5) is 10.2 Å². The van der Waals surface area contributed by atoms with Crippen molar-refractivity contribution in [3.8, 4) is 11.6 Å². The lowest BCUT2D eigenvalue weighted by molar-refractivity contribution is -0.122. The van der Waals surface area contributed by atoms with Gasteiger partial charge in [0.15, 0.2) is 5.82 Å². The molecule has 3 rings (SSSR count). The standard InChI is InChI=1S/C23H30ClFN4O4/c1-15(21(30)26-10-9-25)16-4-6-17(7-5-16)33-18-8-11-29(12-18)20-19(24)22(28-14-27-20)32-13-23(2,3)31/h4-7,14-15,18,31H,8-13H2,1-3H3,(H,26,30). The monoisotopic (exact) mass is 480 g/mol. The van der Waals surface area contributed by atoms with Gasteiger partial charge in [0, 0.05) is 19.5 Å². The third-order valence-corrected chi connectivity index (χ3v) is 5.55. The number of benzene rings is 1. The molecule has 1 aliphatic heterocycles. The Morgan fingerprint density at radius 1 is 1.36 bits per heavy atom. The fraction of sp³-hybridized carbons (Fsp3) is 0.522. The zero-order valence-electron chi connectivity index (χ0n) is 19.1. The van der Waals surface area contributed by atoms with Crippen molar-refractivity contribution in [3.05, 3.63) is 41.2 Å². The Bertz CT molecular complexity index is 939. The summed E-state index contributed by atoms with van der Waals surface area (Å²) in [6.07, 6.45) is 2.11. The maximum absolute atomic E-state index is 12.3. The third kappa shape index (κ3) is 6.91. The molecule has 2 unspecified atom stereocenters. The van der Waals surface area contributed by atoms with E-state index in [1.165, 1.54) is 6.33 Å². The van der Waals surface area contributed by atoms with E-state index >= 15 is 0 Å². The first-order valence-corrected chi connectivity index (χ1v) is 11.3. The first-order chi connectivity index (χ1) is 15.7. The van der Waals surface area contributed by atoms with Gasteiger partial charge in [-0.05, 0) is 38.5 Å². The van der Waals surface area contributed by atoms with Crippen LogP contribution in [0.15, 0.2) is 30.6 Å². The molecule has 0 saturated carbocycles. The summed E-state index contributed by atoms with van der Waals surface area (Å²) in [5.74, 6) is 0.908. The number of amides is 1. The number of nitrogens with zero attached hydrogens (tertiary/aromatic N) is 3. The molecule has 1 amide bonds. The summed E-state index contributed by atoms with van der Waals surface area (Å²) in [7, 11) is 0. The second-order valence-electron chi connectivity index (χ2n) is 8.66. The molecule has 0 bridgehead atoms. The molecule has 0 spiro atoms. The molecule has 2 atom stereocenters. The van der Waals surface area contributed by atoms with Crippen molar-refractivity contribution >= 4 is 23.3 Å². The number of hydrogen-bond donors (Lipinski definition) is 2. The summed E-state index contributed by atoms with van der Waals surface area (Å²) in [5, 5.41) is 12.7. The molecule has 2 aromatic rings. The first kappa shape index (κ1) is 25.0. The van der Waals surface area contributed by atoms with Crippen LogP contribution in [0.1, 0.15) is 38.7 Å². The number of carbonyl (C=O) groups is 1. The number of nitrogens with one attached hydrogen (secondary N) is 1. The highest BCUT2D eigenvalue weighted by molar-refractivity contribution is 6.34. The summed E-state index contributed by atoms with van der Waals surface area (Å²) in [6.45, 7) is 5.84. The largest absolute Gasteiger partial charge is 0.489 e. The number of aliphatic hydroxyl groups is 1. The maximum atomic E-state index is 12.3. The van der Waals surface area contributed by atoms with Crippen LogP contribution in [-0.4, -0.2) is 65.6 Å². The number of aromatic nitrogens is 2. The number of anilines is 1. The lowest BCUT2D eigenvalue weighted by Crippen LogP contribution is -2.29. The van der Waals surface area contributed by atoms with Crippen LogP contribution in [-0.2, 0) is 4.79 Å². The fourth-order valence-corrected chi connectivity index (χ4v) is 3.70. The molecular formula is C23H30ClFN4O4. The predicted molar refractivity (Wildman–Crippen MR) is 124 cm³/mol. The van der Waals surface area contributed by atoms with Crippen LogP contribution in [0.25, 0.3) is 0 Å². The van der Waals surface area contributed by atoms with E-state index in [4.69, 9.17) is 21.1 Å². The minimum absolute atomic E-state index is 0.0198. The summed E-state index contributed by atoms with van der Waals surface area (Å²) < 4.78 is 23.9. The highest BCUT2D eigenvalue weighted by Gasteiger charge is 2.28. The van der Waals surface area contributed by atoms with Crippen molar-refractivity contribution in [1.29, 1.82) is 0 Å². The van der Waals surface area contributed by atoms with Gasteiger partial charge in [-0.3, -0.25) is 4.79 Å². The van der Waals surface area contributed by atoms with Gasteiger partial charge >= 0.3 is 0 Å². The van der Waals surface area contributed by atoms with Gasteiger partial charge in [-0.2, -0.15) is 0 Å². The second kappa shape index (κ2) is 11.0. The average molecular weight is 481 g/mol. The van der Waals surface area contributed by atoms with Crippen LogP contribution in [0.5, 0.6) is 11.6 Å². The van der Waals surface area contributed by atoms with Gasteiger partial charge < -0.3 is 24.8 Å². The van der Waals surface area contributed by atoms with Crippen molar-refractivity contribution in [1.82, 2.24) is 15.3 Å². The normalized spacial score (nSPS) is 17.0. The van der Waals surface area contributed by atoms with Crippen molar-refractivity contribution in [2.24, 2.45) is 0 Å².